The molecule has 2 aromatic heterocycles. The standard InChI is InChI=1S/C21H20ClN3O3S/c1-26-11-12-28-17-8-7-14(13-15(17)22)25-20(18-6-4-10-27-18)19(24-21(25)29)16-5-2-3-9-23-16/h2-10,13,19-20H,11-12H2,1H3,(H,24,29)/t19-,20+/m1/s1. The molecule has 6 nitrogen and oxygen atoms in total. The lowest BCUT2D eigenvalue weighted by molar-refractivity contribution is 0.146. The summed E-state index contributed by atoms with van der Waals surface area (Å²) in [5.41, 5.74) is 1.72. The van der Waals surface area contributed by atoms with Crippen LogP contribution in [0.1, 0.15) is 23.5 Å². The van der Waals surface area contributed by atoms with Crippen molar-refractivity contribution in [1.29, 1.82) is 0 Å². The van der Waals surface area contributed by atoms with Crippen LogP contribution in [-0.2, 0) is 4.74 Å². The Kier molecular flexibility index (Phi) is 5.99. The first-order valence-electron chi connectivity index (χ1n) is 9.14. The number of nitrogens with one attached hydrogen (secondary N) is 1. The number of benzene rings is 1. The van der Waals surface area contributed by atoms with Crippen molar-refractivity contribution >= 4 is 34.6 Å². The highest BCUT2D eigenvalue weighted by molar-refractivity contribution is 7.80. The number of furan rings is 1. The summed E-state index contributed by atoms with van der Waals surface area (Å²) >= 11 is 12.1. The molecule has 0 amide bonds. The summed E-state index contributed by atoms with van der Waals surface area (Å²) in [6.07, 6.45) is 3.43. The van der Waals surface area contributed by atoms with E-state index in [1.165, 1.54) is 0 Å². The second-order valence-corrected chi connectivity index (χ2v) is 7.26. The molecule has 1 saturated heterocycles. The smallest absolute Gasteiger partial charge is 0.174 e. The van der Waals surface area contributed by atoms with Crippen molar-refractivity contribution in [3.8, 4) is 5.75 Å². The lowest BCUT2D eigenvalue weighted by Gasteiger charge is -2.26. The molecule has 0 saturated carbocycles. The average Bonchev–Trinajstić information content (AvgIpc) is 3.37. The minimum absolute atomic E-state index is 0.161. The van der Waals surface area contributed by atoms with E-state index < -0.39 is 0 Å². The van der Waals surface area contributed by atoms with Crippen molar-refractivity contribution in [3.63, 3.8) is 0 Å². The molecular weight excluding hydrogens is 410 g/mol. The largest absolute Gasteiger partial charge is 0.490 e. The zero-order valence-electron chi connectivity index (χ0n) is 15.7. The molecule has 2 atom stereocenters. The third kappa shape index (κ3) is 4.07. The number of rotatable bonds is 7. The summed E-state index contributed by atoms with van der Waals surface area (Å²) in [6.45, 7) is 0.917. The van der Waals surface area contributed by atoms with Crippen molar-refractivity contribution in [2.45, 2.75) is 12.1 Å². The van der Waals surface area contributed by atoms with Crippen molar-refractivity contribution < 1.29 is 13.9 Å². The van der Waals surface area contributed by atoms with E-state index in [9.17, 15) is 0 Å². The van der Waals surface area contributed by atoms with Crippen LogP contribution in [0.25, 0.3) is 0 Å². The van der Waals surface area contributed by atoms with Gasteiger partial charge in [-0.25, -0.2) is 0 Å². The normalized spacial score (nSPS) is 18.7. The van der Waals surface area contributed by atoms with E-state index in [2.05, 4.69) is 10.3 Å². The molecule has 3 heterocycles. The van der Waals surface area contributed by atoms with E-state index >= 15 is 0 Å². The van der Waals surface area contributed by atoms with Crippen LogP contribution in [-0.4, -0.2) is 30.4 Å². The van der Waals surface area contributed by atoms with Crippen molar-refractivity contribution in [1.82, 2.24) is 10.3 Å². The number of thiocarbonyl (C=S) groups is 1. The number of hydrogen-bond acceptors (Lipinski definition) is 5. The summed E-state index contributed by atoms with van der Waals surface area (Å²) in [7, 11) is 1.63. The fourth-order valence-electron chi connectivity index (χ4n) is 3.37. The van der Waals surface area contributed by atoms with Crippen LogP contribution in [0.4, 0.5) is 5.69 Å². The quantitative estimate of drug-likeness (QED) is 0.437. The Hall–Kier alpha value is -2.61. The number of ether oxygens (including phenoxy) is 2. The molecule has 29 heavy (non-hydrogen) atoms. The van der Waals surface area contributed by atoms with Gasteiger partial charge in [0.15, 0.2) is 5.11 Å². The highest BCUT2D eigenvalue weighted by Crippen LogP contribution is 2.43. The minimum atomic E-state index is -0.205. The number of methoxy groups -OCH3 is 1. The number of halogens is 1. The third-order valence-electron chi connectivity index (χ3n) is 4.67. The van der Waals surface area contributed by atoms with Gasteiger partial charge in [-0.1, -0.05) is 17.7 Å². The third-order valence-corrected chi connectivity index (χ3v) is 5.28. The average molecular weight is 430 g/mol. The summed E-state index contributed by atoms with van der Waals surface area (Å²) in [6, 6.07) is 14.9. The highest BCUT2D eigenvalue weighted by atomic mass is 35.5. The van der Waals surface area contributed by atoms with Crippen LogP contribution in [0.2, 0.25) is 5.02 Å². The molecule has 0 radical (unpaired) electrons. The van der Waals surface area contributed by atoms with Gasteiger partial charge < -0.3 is 24.1 Å². The van der Waals surface area contributed by atoms with E-state index in [1.807, 2.05) is 53.4 Å². The lowest BCUT2D eigenvalue weighted by Crippen LogP contribution is -2.29. The maximum absolute atomic E-state index is 6.47. The first kappa shape index (κ1) is 19.7. The molecule has 1 N–H and O–H groups in total. The molecule has 0 aliphatic carbocycles. The van der Waals surface area contributed by atoms with Crippen LogP contribution >= 0.6 is 23.8 Å². The highest BCUT2D eigenvalue weighted by Gasteiger charge is 2.42. The molecule has 4 rings (SSSR count). The van der Waals surface area contributed by atoms with Gasteiger partial charge in [-0.15, -0.1) is 0 Å². The molecule has 0 spiro atoms. The van der Waals surface area contributed by atoms with Crippen LogP contribution in [0.15, 0.2) is 65.4 Å². The second kappa shape index (κ2) is 8.82. The maximum atomic E-state index is 6.47. The lowest BCUT2D eigenvalue weighted by atomic mass is 10.0. The Bertz CT molecular complexity index is 969. The molecule has 1 aliphatic heterocycles. The monoisotopic (exact) mass is 429 g/mol. The fraction of sp³-hybridized carbons (Fsp3) is 0.238. The predicted octanol–water partition coefficient (Wildman–Crippen LogP) is 4.53. The summed E-state index contributed by atoms with van der Waals surface area (Å²) in [5, 5.41) is 4.45. The Morgan fingerprint density at radius 3 is 2.79 bits per heavy atom. The molecule has 3 aromatic rings. The zero-order valence-corrected chi connectivity index (χ0v) is 17.3. The predicted molar refractivity (Wildman–Crippen MR) is 115 cm³/mol. The van der Waals surface area contributed by atoms with Crippen LogP contribution in [0.3, 0.4) is 0 Å². The molecule has 8 heteroatoms. The van der Waals surface area contributed by atoms with Crippen molar-refractivity contribution in [2.75, 3.05) is 25.2 Å². The Balaban J connectivity index is 1.68. The van der Waals surface area contributed by atoms with Gasteiger partial charge in [0.1, 0.15) is 24.2 Å². The first-order valence-corrected chi connectivity index (χ1v) is 9.93. The van der Waals surface area contributed by atoms with Crippen LogP contribution < -0.4 is 15.0 Å². The number of nitrogens with zero attached hydrogens (tertiary/aromatic N) is 2. The fourth-order valence-corrected chi connectivity index (χ4v) is 3.95. The van der Waals surface area contributed by atoms with Gasteiger partial charge in [0, 0.05) is 19.0 Å². The van der Waals surface area contributed by atoms with Crippen LogP contribution in [0.5, 0.6) is 5.75 Å². The number of aromatic nitrogens is 1. The van der Waals surface area contributed by atoms with Crippen molar-refractivity contribution in [2.24, 2.45) is 0 Å². The molecule has 1 fully saturated rings. The molecule has 0 bridgehead atoms. The van der Waals surface area contributed by atoms with Gasteiger partial charge in [-0.3, -0.25) is 4.98 Å². The summed E-state index contributed by atoms with van der Waals surface area (Å²) in [5.74, 6) is 1.38. The topological polar surface area (TPSA) is 59.8 Å². The Labute approximate surface area is 179 Å². The molecule has 0 unspecified atom stereocenters. The molecule has 150 valence electrons. The van der Waals surface area contributed by atoms with Crippen molar-refractivity contribution in [3.05, 3.63) is 77.5 Å². The molecule has 1 aliphatic rings. The second-order valence-electron chi connectivity index (χ2n) is 6.47. The Morgan fingerprint density at radius 2 is 2.10 bits per heavy atom. The van der Waals surface area contributed by atoms with Crippen LogP contribution in [0, 0.1) is 0 Å². The van der Waals surface area contributed by atoms with E-state index in [0.29, 0.717) is 29.1 Å². The zero-order chi connectivity index (χ0) is 20.2. The van der Waals surface area contributed by atoms with E-state index in [-0.39, 0.29) is 12.1 Å². The summed E-state index contributed by atoms with van der Waals surface area (Å²) < 4.78 is 16.4. The maximum Gasteiger partial charge on any atom is 0.174 e. The number of hydrogen-bond donors (Lipinski definition) is 1. The number of pyridine rings is 1. The molecular formula is C21H20ClN3O3S. The SMILES string of the molecule is COCCOc1ccc(N2C(=S)N[C@H](c3ccccn3)[C@@H]2c2ccco2)cc1Cl. The van der Waals surface area contributed by atoms with Gasteiger partial charge in [0.25, 0.3) is 0 Å². The minimum Gasteiger partial charge on any atom is -0.490 e. The Morgan fingerprint density at radius 1 is 1.21 bits per heavy atom. The summed E-state index contributed by atoms with van der Waals surface area (Å²) in [4.78, 5) is 6.51. The number of anilines is 1. The first-order chi connectivity index (χ1) is 14.2. The van der Waals surface area contributed by atoms with Gasteiger partial charge in [0.05, 0.1) is 29.6 Å². The van der Waals surface area contributed by atoms with Gasteiger partial charge in [-0.05, 0) is 54.7 Å². The van der Waals surface area contributed by atoms with E-state index in [1.54, 1.807) is 19.6 Å². The van der Waals surface area contributed by atoms with E-state index in [0.717, 1.165) is 17.1 Å². The molecule has 1 aromatic carbocycles. The van der Waals surface area contributed by atoms with Gasteiger partial charge >= 0.3 is 0 Å². The van der Waals surface area contributed by atoms with Gasteiger partial charge in [-0.2, -0.15) is 0 Å². The van der Waals surface area contributed by atoms with E-state index in [4.69, 9.17) is 37.7 Å². The van der Waals surface area contributed by atoms with Gasteiger partial charge in [0.2, 0.25) is 0 Å².